The second-order valence-corrected chi connectivity index (χ2v) is 4.79. The van der Waals surface area contributed by atoms with Gasteiger partial charge in [0, 0.05) is 12.0 Å². The first-order chi connectivity index (χ1) is 6.68. The van der Waals surface area contributed by atoms with Gasteiger partial charge in [0.1, 0.15) is 10.7 Å². The Bertz CT molecular complexity index is 275. The number of alkyl halides is 1. The third-order valence-corrected chi connectivity index (χ3v) is 3.65. The minimum atomic E-state index is -0.196. The molecular weight excluding hydrogens is 219 g/mol. The van der Waals surface area contributed by atoms with Crippen molar-refractivity contribution in [3.63, 3.8) is 0 Å². The van der Waals surface area contributed by atoms with E-state index in [1.54, 1.807) is 0 Å². The van der Waals surface area contributed by atoms with Crippen molar-refractivity contribution in [1.29, 1.82) is 0 Å². The molecule has 3 atom stereocenters. The number of hydrogen-bond donors (Lipinski definition) is 0. The van der Waals surface area contributed by atoms with Crippen LogP contribution in [0.2, 0.25) is 0 Å². The van der Waals surface area contributed by atoms with Crippen LogP contribution < -0.4 is 0 Å². The molecule has 2 unspecified atom stereocenters. The number of hydrogen-bond acceptors (Lipinski definition) is 2. The van der Waals surface area contributed by atoms with E-state index in [2.05, 4.69) is 23.0 Å². The van der Waals surface area contributed by atoms with E-state index >= 15 is 0 Å². The predicted octanol–water partition coefficient (Wildman–Crippen LogP) is 2.47. The summed E-state index contributed by atoms with van der Waals surface area (Å²) in [6.07, 6.45) is 6.42. The summed E-state index contributed by atoms with van der Waals surface area (Å²) in [5, 5.41) is 0.516. The van der Waals surface area contributed by atoms with Crippen LogP contribution in [0.4, 0.5) is 0 Å². The van der Waals surface area contributed by atoms with Crippen LogP contribution in [-0.2, 0) is 0 Å². The molecule has 78 valence electrons. The van der Waals surface area contributed by atoms with Gasteiger partial charge in [0.25, 0.3) is 0 Å². The molecule has 0 amide bonds. The van der Waals surface area contributed by atoms with E-state index in [4.69, 9.17) is 23.2 Å². The molecule has 0 saturated carbocycles. The predicted molar refractivity (Wildman–Crippen MR) is 61.2 cm³/mol. The first kappa shape index (κ1) is 10.5. The zero-order valence-electron chi connectivity index (χ0n) is 8.16. The van der Waals surface area contributed by atoms with E-state index in [1.165, 1.54) is 12.8 Å². The fraction of sp³-hybridized carbons (Fsp3) is 0.700. The van der Waals surface area contributed by atoms with Crippen molar-refractivity contribution in [1.82, 2.24) is 4.90 Å². The topological polar surface area (TPSA) is 15.6 Å². The number of halogens is 2. The van der Waals surface area contributed by atoms with Gasteiger partial charge < -0.3 is 4.90 Å². The van der Waals surface area contributed by atoms with Crippen molar-refractivity contribution in [3.8, 4) is 0 Å². The lowest BCUT2D eigenvalue weighted by atomic mass is 9.96. The van der Waals surface area contributed by atoms with Crippen LogP contribution in [0.15, 0.2) is 17.1 Å². The Morgan fingerprint density at radius 2 is 2.36 bits per heavy atom. The minimum Gasteiger partial charge on any atom is -0.303 e. The van der Waals surface area contributed by atoms with Crippen molar-refractivity contribution in [3.05, 3.63) is 12.2 Å². The van der Waals surface area contributed by atoms with Crippen molar-refractivity contribution >= 4 is 28.4 Å². The first-order valence-corrected chi connectivity index (χ1v) is 5.76. The molecule has 2 aliphatic rings. The molecule has 2 nitrogen and oxygen atoms in total. The SMILES string of the molecule is CN1CCC[C@H]1C1C=CC(Cl)=NC1Cl. The largest absolute Gasteiger partial charge is 0.303 e. The quantitative estimate of drug-likeness (QED) is 0.501. The molecule has 0 aromatic heterocycles. The van der Waals surface area contributed by atoms with Gasteiger partial charge in [-0.15, -0.1) is 0 Å². The Morgan fingerprint density at radius 1 is 1.57 bits per heavy atom. The molecule has 0 bridgehead atoms. The van der Waals surface area contributed by atoms with Gasteiger partial charge in [-0.2, -0.15) is 0 Å². The maximum Gasteiger partial charge on any atom is 0.133 e. The fourth-order valence-electron chi connectivity index (χ4n) is 2.26. The van der Waals surface area contributed by atoms with Crippen molar-refractivity contribution < 1.29 is 0 Å². The van der Waals surface area contributed by atoms with Crippen LogP contribution in [0.1, 0.15) is 12.8 Å². The average molecular weight is 233 g/mol. The zero-order valence-corrected chi connectivity index (χ0v) is 9.67. The Balaban J connectivity index is 2.09. The third-order valence-electron chi connectivity index (χ3n) is 3.04. The molecule has 1 fully saturated rings. The van der Waals surface area contributed by atoms with Crippen LogP contribution in [-0.4, -0.2) is 35.2 Å². The summed E-state index contributed by atoms with van der Waals surface area (Å²) in [5.74, 6) is 0.312. The molecule has 0 aromatic rings. The van der Waals surface area contributed by atoms with Crippen LogP contribution in [0.25, 0.3) is 0 Å². The highest BCUT2D eigenvalue weighted by Gasteiger charge is 2.33. The second-order valence-electron chi connectivity index (χ2n) is 3.95. The van der Waals surface area contributed by atoms with Crippen molar-refractivity contribution in [2.75, 3.05) is 13.6 Å². The molecule has 0 N–H and O–H groups in total. The highest BCUT2D eigenvalue weighted by Crippen LogP contribution is 2.31. The molecule has 2 rings (SSSR count). The fourth-order valence-corrected chi connectivity index (χ4v) is 2.85. The highest BCUT2D eigenvalue weighted by atomic mass is 35.5. The normalized spacial score (nSPS) is 38.8. The number of likely N-dealkylation sites (tertiary alicyclic amines) is 1. The van der Waals surface area contributed by atoms with E-state index in [0.29, 0.717) is 17.1 Å². The molecule has 4 heteroatoms. The summed E-state index contributed by atoms with van der Waals surface area (Å²) >= 11 is 12.0. The molecule has 2 aliphatic heterocycles. The van der Waals surface area contributed by atoms with Crippen LogP contribution in [0.5, 0.6) is 0 Å². The average Bonchev–Trinajstić information content (AvgIpc) is 2.52. The third kappa shape index (κ3) is 1.97. The highest BCUT2D eigenvalue weighted by molar-refractivity contribution is 6.68. The van der Waals surface area contributed by atoms with Gasteiger partial charge in [0.05, 0.1) is 0 Å². The molecule has 0 spiro atoms. The van der Waals surface area contributed by atoms with Crippen molar-refractivity contribution in [2.24, 2.45) is 10.9 Å². The summed E-state index contributed by atoms with van der Waals surface area (Å²) in [6.45, 7) is 1.16. The van der Waals surface area contributed by atoms with Crippen molar-refractivity contribution in [2.45, 2.75) is 24.4 Å². The molecule has 0 aromatic carbocycles. The maximum absolute atomic E-state index is 6.17. The van der Waals surface area contributed by atoms with Crippen LogP contribution in [0, 0.1) is 5.92 Å². The Morgan fingerprint density at radius 3 is 2.93 bits per heavy atom. The van der Waals surface area contributed by atoms with Gasteiger partial charge in [0.2, 0.25) is 0 Å². The minimum absolute atomic E-state index is 0.196. The van der Waals surface area contributed by atoms with E-state index in [1.807, 2.05) is 6.08 Å². The summed E-state index contributed by atoms with van der Waals surface area (Å²) in [5.41, 5.74) is -0.196. The molecule has 2 heterocycles. The standard InChI is InChI=1S/C10H14Cl2N2/c1-14-6-2-3-8(14)7-4-5-9(11)13-10(7)12/h4-5,7-8,10H,2-3,6H2,1H3/t7?,8-,10?/m0/s1. The summed E-state index contributed by atoms with van der Waals surface area (Å²) in [4.78, 5) is 6.54. The second kappa shape index (κ2) is 4.21. The van der Waals surface area contributed by atoms with Gasteiger partial charge in [0.15, 0.2) is 0 Å². The van der Waals surface area contributed by atoms with E-state index in [9.17, 15) is 0 Å². The van der Waals surface area contributed by atoms with Gasteiger partial charge >= 0.3 is 0 Å². The van der Waals surface area contributed by atoms with Crippen LogP contribution in [0.3, 0.4) is 0 Å². The van der Waals surface area contributed by atoms with Gasteiger partial charge in [-0.25, -0.2) is 0 Å². The molecule has 14 heavy (non-hydrogen) atoms. The monoisotopic (exact) mass is 232 g/mol. The summed E-state index contributed by atoms with van der Waals surface area (Å²) in [7, 11) is 2.15. The lowest BCUT2D eigenvalue weighted by Gasteiger charge is -2.30. The number of nitrogens with zero attached hydrogens (tertiary/aromatic N) is 2. The van der Waals surface area contributed by atoms with Gasteiger partial charge in [-0.05, 0) is 32.5 Å². The number of allylic oxidation sites excluding steroid dienone is 1. The number of dihydropyridines is 1. The first-order valence-electron chi connectivity index (χ1n) is 4.94. The van der Waals surface area contributed by atoms with Gasteiger partial charge in [-0.3, -0.25) is 4.99 Å². The Kier molecular flexibility index (Phi) is 3.15. The molecule has 0 radical (unpaired) electrons. The molecular formula is C10H14Cl2N2. The van der Waals surface area contributed by atoms with E-state index in [0.717, 1.165) is 6.54 Å². The Hall–Kier alpha value is -0.0500. The summed E-state index contributed by atoms with van der Waals surface area (Å²) in [6, 6.07) is 0.530. The lowest BCUT2D eigenvalue weighted by molar-refractivity contribution is 0.251. The molecule has 0 aliphatic carbocycles. The number of aliphatic imine (C=N–C) groups is 1. The van der Waals surface area contributed by atoms with E-state index < -0.39 is 0 Å². The summed E-state index contributed by atoms with van der Waals surface area (Å²) < 4.78 is 0. The maximum atomic E-state index is 6.17. The zero-order chi connectivity index (χ0) is 10.1. The van der Waals surface area contributed by atoms with Gasteiger partial charge in [-0.1, -0.05) is 29.3 Å². The van der Waals surface area contributed by atoms with E-state index in [-0.39, 0.29) is 5.50 Å². The van der Waals surface area contributed by atoms with Crippen LogP contribution >= 0.6 is 23.2 Å². The molecule has 1 saturated heterocycles. The number of rotatable bonds is 1. The lowest BCUT2D eigenvalue weighted by Crippen LogP contribution is -2.36. The Labute approximate surface area is 94.6 Å². The smallest absolute Gasteiger partial charge is 0.133 e.